The Kier molecular flexibility index (Phi) is 5.12. The Morgan fingerprint density at radius 1 is 1.32 bits per heavy atom. The largest absolute Gasteiger partial charge is 0.366 e. The van der Waals surface area contributed by atoms with Crippen LogP contribution in [0.1, 0.15) is 52.0 Å². The topological polar surface area (TPSA) is 36.4 Å². The lowest BCUT2D eigenvalue weighted by Crippen LogP contribution is -2.53. The van der Waals surface area contributed by atoms with Gasteiger partial charge in [-0.2, -0.15) is 0 Å². The van der Waals surface area contributed by atoms with Gasteiger partial charge < -0.3 is 10.6 Å². The average Bonchev–Trinajstić information content (AvgIpc) is 2.53. The number of benzene rings is 1. The summed E-state index contributed by atoms with van der Waals surface area (Å²) in [6, 6.07) is 10.8. The van der Waals surface area contributed by atoms with Gasteiger partial charge in [0.1, 0.15) is 12.0 Å². The van der Waals surface area contributed by atoms with Gasteiger partial charge >= 0.3 is 0 Å². The summed E-state index contributed by atoms with van der Waals surface area (Å²) in [5.74, 6) is 0.908. The molecule has 1 heterocycles. The molecular formula is C22H29N3. The molecule has 0 amide bonds. The zero-order valence-electron chi connectivity index (χ0n) is 15.6. The van der Waals surface area contributed by atoms with Crippen LogP contribution in [0, 0.1) is 0 Å². The number of hydrogen-bond donors (Lipinski definition) is 2. The summed E-state index contributed by atoms with van der Waals surface area (Å²) < 4.78 is 0. The van der Waals surface area contributed by atoms with Crippen molar-refractivity contribution in [2.24, 2.45) is 4.99 Å². The molecule has 0 radical (unpaired) electrons. The number of nitrogens with zero attached hydrogens (tertiary/aromatic N) is 1. The van der Waals surface area contributed by atoms with Gasteiger partial charge in [0.25, 0.3) is 0 Å². The minimum atomic E-state index is 0.0746. The van der Waals surface area contributed by atoms with Crippen LogP contribution >= 0.6 is 0 Å². The molecule has 0 aromatic heterocycles. The van der Waals surface area contributed by atoms with Crippen molar-refractivity contribution in [3.8, 4) is 0 Å². The first-order valence-corrected chi connectivity index (χ1v) is 9.25. The van der Waals surface area contributed by atoms with Gasteiger partial charge in [0.15, 0.2) is 0 Å². The van der Waals surface area contributed by atoms with Gasteiger partial charge in [-0.3, -0.25) is 0 Å². The summed E-state index contributed by atoms with van der Waals surface area (Å²) in [4.78, 5) is 5.03. The second-order valence-corrected chi connectivity index (χ2v) is 7.33. The molecule has 1 aromatic carbocycles. The maximum Gasteiger partial charge on any atom is 0.130 e. The standard InChI is InChI=1S/C22H29N3/c1-5-19-15-20(23-17(4)14-16(2)3)25-21(24-19)22(12-9-13-22)18-10-7-6-8-11-18/h6-8,10-11,14-15,21,24H,4-5,9,12-13H2,1-3H3,(H,23,25). The summed E-state index contributed by atoms with van der Waals surface area (Å²) in [7, 11) is 0. The SMILES string of the molecule is C=C(C=C(C)C)NC1=NC(C2(c3ccccc3)CCC2)NC(CC)=C1. The first-order valence-electron chi connectivity index (χ1n) is 9.25. The highest BCUT2D eigenvalue weighted by Gasteiger charge is 2.46. The highest BCUT2D eigenvalue weighted by molar-refractivity contribution is 5.95. The van der Waals surface area contributed by atoms with Gasteiger partial charge in [0, 0.05) is 16.8 Å². The molecule has 1 aromatic rings. The fourth-order valence-corrected chi connectivity index (χ4v) is 3.72. The number of allylic oxidation sites excluding steroid dienone is 3. The van der Waals surface area contributed by atoms with Gasteiger partial charge in [-0.25, -0.2) is 4.99 Å². The maximum absolute atomic E-state index is 5.03. The number of hydrogen-bond acceptors (Lipinski definition) is 3. The molecule has 3 heteroatoms. The highest BCUT2D eigenvalue weighted by atomic mass is 15.2. The predicted molar refractivity (Wildman–Crippen MR) is 106 cm³/mol. The van der Waals surface area contributed by atoms with Gasteiger partial charge in [-0.1, -0.05) is 55.8 Å². The Morgan fingerprint density at radius 3 is 2.60 bits per heavy atom. The maximum atomic E-state index is 5.03. The van der Waals surface area contributed by atoms with Crippen molar-refractivity contribution in [3.63, 3.8) is 0 Å². The first-order chi connectivity index (χ1) is 12.0. The van der Waals surface area contributed by atoms with Crippen molar-refractivity contribution in [1.82, 2.24) is 10.6 Å². The third-order valence-electron chi connectivity index (χ3n) is 5.15. The molecule has 1 fully saturated rings. The molecule has 25 heavy (non-hydrogen) atoms. The summed E-state index contributed by atoms with van der Waals surface area (Å²) in [6.45, 7) is 10.4. The van der Waals surface area contributed by atoms with Crippen LogP contribution in [-0.4, -0.2) is 12.0 Å². The second-order valence-electron chi connectivity index (χ2n) is 7.33. The summed E-state index contributed by atoms with van der Waals surface area (Å²) in [5.41, 5.74) is 4.83. The van der Waals surface area contributed by atoms with E-state index in [1.165, 1.54) is 36.1 Å². The van der Waals surface area contributed by atoms with Crippen molar-refractivity contribution < 1.29 is 0 Å². The molecule has 3 rings (SSSR count). The monoisotopic (exact) mass is 335 g/mol. The van der Waals surface area contributed by atoms with E-state index in [-0.39, 0.29) is 11.6 Å². The van der Waals surface area contributed by atoms with Crippen molar-refractivity contribution in [3.05, 3.63) is 71.6 Å². The van der Waals surface area contributed by atoms with E-state index < -0.39 is 0 Å². The zero-order chi connectivity index (χ0) is 17.9. The lowest BCUT2D eigenvalue weighted by molar-refractivity contribution is 0.179. The number of nitrogens with one attached hydrogen (secondary N) is 2. The minimum Gasteiger partial charge on any atom is -0.366 e. The first kappa shape index (κ1) is 17.5. The van der Waals surface area contributed by atoms with Gasteiger partial charge in [0.05, 0.1) is 0 Å². The van der Waals surface area contributed by atoms with E-state index >= 15 is 0 Å². The Balaban J connectivity index is 1.89. The van der Waals surface area contributed by atoms with Gasteiger partial charge in [-0.05, 0) is 50.8 Å². The van der Waals surface area contributed by atoms with E-state index in [1.807, 2.05) is 0 Å². The van der Waals surface area contributed by atoms with Crippen molar-refractivity contribution >= 4 is 5.84 Å². The van der Waals surface area contributed by atoms with Gasteiger partial charge in [-0.15, -0.1) is 0 Å². The molecule has 2 aliphatic rings. The van der Waals surface area contributed by atoms with Crippen molar-refractivity contribution in [2.75, 3.05) is 0 Å². The van der Waals surface area contributed by atoms with Crippen LogP contribution in [0.3, 0.4) is 0 Å². The smallest absolute Gasteiger partial charge is 0.130 e. The number of aliphatic imine (C=N–C) groups is 1. The van der Waals surface area contributed by atoms with E-state index in [0.29, 0.717) is 0 Å². The van der Waals surface area contributed by atoms with E-state index in [9.17, 15) is 0 Å². The van der Waals surface area contributed by atoms with Crippen molar-refractivity contribution in [1.29, 1.82) is 0 Å². The normalized spacial score (nSPS) is 21.2. The predicted octanol–water partition coefficient (Wildman–Crippen LogP) is 4.80. The summed E-state index contributed by atoms with van der Waals surface area (Å²) in [6.07, 6.45) is 8.82. The minimum absolute atomic E-state index is 0.0746. The van der Waals surface area contributed by atoms with E-state index in [0.717, 1.165) is 18.0 Å². The molecule has 0 bridgehead atoms. The third kappa shape index (κ3) is 3.71. The quantitative estimate of drug-likeness (QED) is 0.758. The average molecular weight is 335 g/mol. The second kappa shape index (κ2) is 7.30. The zero-order valence-corrected chi connectivity index (χ0v) is 15.6. The number of amidine groups is 1. The van der Waals surface area contributed by atoms with Crippen LogP contribution < -0.4 is 10.6 Å². The highest BCUT2D eigenvalue weighted by Crippen LogP contribution is 2.47. The van der Waals surface area contributed by atoms with Crippen LogP contribution in [0.25, 0.3) is 0 Å². The Morgan fingerprint density at radius 2 is 2.04 bits per heavy atom. The number of rotatable bonds is 5. The fourth-order valence-electron chi connectivity index (χ4n) is 3.72. The van der Waals surface area contributed by atoms with E-state index in [2.05, 4.69) is 80.5 Å². The molecule has 1 aliphatic carbocycles. The lowest BCUT2D eigenvalue weighted by Gasteiger charge is -2.48. The molecule has 0 saturated heterocycles. The Hall–Kier alpha value is -2.29. The van der Waals surface area contributed by atoms with Crippen LogP contribution in [0.2, 0.25) is 0 Å². The van der Waals surface area contributed by atoms with Crippen LogP contribution in [-0.2, 0) is 5.41 Å². The molecular weight excluding hydrogens is 306 g/mol. The lowest BCUT2D eigenvalue weighted by atomic mass is 9.62. The van der Waals surface area contributed by atoms with Gasteiger partial charge in [0.2, 0.25) is 0 Å². The summed E-state index contributed by atoms with van der Waals surface area (Å²) >= 11 is 0. The third-order valence-corrected chi connectivity index (χ3v) is 5.15. The fraction of sp³-hybridized carbons (Fsp3) is 0.409. The van der Waals surface area contributed by atoms with Crippen LogP contribution in [0.5, 0.6) is 0 Å². The molecule has 0 spiro atoms. The molecule has 1 saturated carbocycles. The Bertz CT molecular complexity index is 717. The molecule has 1 aliphatic heterocycles. The molecule has 1 unspecified atom stereocenters. The summed E-state index contributed by atoms with van der Waals surface area (Å²) in [5, 5.41) is 7.06. The van der Waals surface area contributed by atoms with Crippen LogP contribution in [0.4, 0.5) is 0 Å². The molecule has 2 N–H and O–H groups in total. The molecule has 1 atom stereocenters. The van der Waals surface area contributed by atoms with E-state index in [4.69, 9.17) is 4.99 Å². The van der Waals surface area contributed by atoms with Crippen molar-refractivity contribution in [2.45, 2.75) is 58.0 Å². The van der Waals surface area contributed by atoms with Crippen LogP contribution in [0.15, 0.2) is 71.0 Å². The molecule has 132 valence electrons. The molecule has 3 nitrogen and oxygen atoms in total. The Labute approximate surface area is 151 Å². The van der Waals surface area contributed by atoms with E-state index in [1.54, 1.807) is 0 Å².